The summed E-state index contributed by atoms with van der Waals surface area (Å²) in [4.78, 5) is 10.4. The summed E-state index contributed by atoms with van der Waals surface area (Å²) in [7, 11) is 2.02. The van der Waals surface area contributed by atoms with Gasteiger partial charge >= 0.3 is 0 Å². The normalized spacial score (nSPS) is 18.9. The average Bonchev–Trinajstić information content (AvgIpc) is 2.95. The number of nitrogens with one attached hydrogen (secondary N) is 1. The molecule has 1 N–H and O–H groups in total. The Bertz CT molecular complexity index is 543. The summed E-state index contributed by atoms with van der Waals surface area (Å²) in [6, 6.07) is 0.498. The quantitative estimate of drug-likeness (QED) is 0.924. The molecule has 4 nitrogen and oxygen atoms in total. The Morgan fingerprint density at radius 1 is 1.56 bits per heavy atom. The highest BCUT2D eigenvalue weighted by molar-refractivity contribution is 7.15. The molecule has 0 bridgehead atoms. The predicted molar refractivity (Wildman–Crippen MR) is 73.7 cm³/mol. The molecule has 0 radical (unpaired) electrons. The summed E-state index contributed by atoms with van der Waals surface area (Å²) < 4.78 is 2.03. The van der Waals surface area contributed by atoms with Crippen LogP contribution in [0.2, 0.25) is 0 Å². The molecule has 0 spiro atoms. The second-order valence-corrected chi connectivity index (χ2v) is 5.75. The van der Waals surface area contributed by atoms with Gasteiger partial charge in [0.25, 0.3) is 0 Å². The summed E-state index contributed by atoms with van der Waals surface area (Å²) in [5, 5.41) is 4.66. The Labute approximate surface area is 111 Å². The topological polar surface area (TPSA) is 42.7 Å². The Morgan fingerprint density at radius 2 is 2.44 bits per heavy atom. The van der Waals surface area contributed by atoms with E-state index in [1.807, 2.05) is 35.5 Å². The third-order valence-corrected chi connectivity index (χ3v) is 4.67. The number of hydrogen-bond acceptors (Lipinski definition) is 4. The lowest BCUT2D eigenvalue weighted by molar-refractivity contribution is 0.476. The van der Waals surface area contributed by atoms with Crippen LogP contribution in [-0.4, -0.2) is 21.1 Å². The lowest BCUT2D eigenvalue weighted by Crippen LogP contribution is -2.23. The first-order valence-electron chi connectivity index (χ1n) is 6.49. The van der Waals surface area contributed by atoms with Crippen LogP contribution in [0.1, 0.15) is 36.4 Å². The van der Waals surface area contributed by atoms with Crippen LogP contribution in [-0.2, 0) is 13.5 Å². The third-order valence-electron chi connectivity index (χ3n) is 3.44. The molecule has 2 aromatic rings. The van der Waals surface area contributed by atoms with Crippen LogP contribution in [0.5, 0.6) is 0 Å². The smallest absolute Gasteiger partial charge is 0.142 e. The molecule has 1 aliphatic rings. The minimum Gasteiger partial charge on any atom is -0.332 e. The molecule has 0 amide bonds. The van der Waals surface area contributed by atoms with Crippen molar-refractivity contribution in [2.24, 2.45) is 7.05 Å². The van der Waals surface area contributed by atoms with Gasteiger partial charge in [-0.15, -0.1) is 11.3 Å². The van der Waals surface area contributed by atoms with Crippen molar-refractivity contribution in [3.05, 3.63) is 23.1 Å². The molecule has 0 saturated heterocycles. The van der Waals surface area contributed by atoms with E-state index in [9.17, 15) is 0 Å². The van der Waals surface area contributed by atoms with Crippen LogP contribution in [0, 0.1) is 0 Å². The SMILES string of the molecule is CCNC1CCCc2nc(-c3cncn3C)sc21. The fourth-order valence-corrected chi connectivity index (χ4v) is 3.81. The predicted octanol–water partition coefficient (Wildman–Crippen LogP) is 2.53. The number of imidazole rings is 1. The lowest BCUT2D eigenvalue weighted by Gasteiger charge is -2.21. The van der Waals surface area contributed by atoms with Gasteiger partial charge in [-0.25, -0.2) is 9.97 Å². The molecule has 18 heavy (non-hydrogen) atoms. The van der Waals surface area contributed by atoms with Gasteiger partial charge in [-0.3, -0.25) is 0 Å². The molecule has 1 atom stereocenters. The maximum absolute atomic E-state index is 4.80. The molecule has 0 aliphatic heterocycles. The number of hydrogen-bond donors (Lipinski definition) is 1. The lowest BCUT2D eigenvalue weighted by atomic mass is 9.98. The Kier molecular flexibility index (Phi) is 3.18. The molecular formula is C13H18N4S. The van der Waals surface area contributed by atoms with E-state index in [0.29, 0.717) is 6.04 Å². The maximum atomic E-state index is 4.80. The second kappa shape index (κ2) is 4.82. The van der Waals surface area contributed by atoms with Gasteiger partial charge in [-0.2, -0.15) is 0 Å². The third kappa shape index (κ3) is 1.97. The van der Waals surface area contributed by atoms with Crippen LogP contribution in [0.25, 0.3) is 10.7 Å². The van der Waals surface area contributed by atoms with Crippen molar-refractivity contribution in [3.63, 3.8) is 0 Å². The van der Waals surface area contributed by atoms with Crippen molar-refractivity contribution in [1.29, 1.82) is 0 Å². The van der Waals surface area contributed by atoms with E-state index in [4.69, 9.17) is 4.98 Å². The van der Waals surface area contributed by atoms with Gasteiger partial charge < -0.3 is 9.88 Å². The van der Waals surface area contributed by atoms with E-state index in [2.05, 4.69) is 17.2 Å². The zero-order valence-corrected chi connectivity index (χ0v) is 11.6. The molecule has 1 unspecified atom stereocenters. The maximum Gasteiger partial charge on any atom is 0.142 e. The van der Waals surface area contributed by atoms with Gasteiger partial charge in [-0.05, 0) is 25.8 Å². The van der Waals surface area contributed by atoms with Crippen LogP contribution in [0.3, 0.4) is 0 Å². The molecule has 96 valence electrons. The van der Waals surface area contributed by atoms with Crippen LogP contribution in [0.15, 0.2) is 12.5 Å². The molecule has 3 rings (SSSR count). The van der Waals surface area contributed by atoms with Gasteiger partial charge in [-0.1, -0.05) is 6.92 Å². The van der Waals surface area contributed by atoms with E-state index >= 15 is 0 Å². The first-order valence-corrected chi connectivity index (χ1v) is 7.31. The second-order valence-electron chi connectivity index (χ2n) is 4.72. The van der Waals surface area contributed by atoms with Gasteiger partial charge in [0.15, 0.2) is 0 Å². The molecule has 0 aromatic carbocycles. The number of aryl methyl sites for hydroxylation is 2. The molecule has 2 heterocycles. The molecule has 2 aromatic heterocycles. The van der Waals surface area contributed by atoms with Crippen molar-refractivity contribution < 1.29 is 0 Å². The fourth-order valence-electron chi connectivity index (χ4n) is 2.53. The van der Waals surface area contributed by atoms with E-state index in [1.165, 1.54) is 23.4 Å². The first-order chi connectivity index (χ1) is 8.79. The van der Waals surface area contributed by atoms with Crippen LogP contribution >= 0.6 is 11.3 Å². The van der Waals surface area contributed by atoms with Gasteiger partial charge in [0.1, 0.15) is 5.01 Å². The van der Waals surface area contributed by atoms with Crippen molar-refractivity contribution in [1.82, 2.24) is 19.9 Å². The van der Waals surface area contributed by atoms with E-state index in [0.717, 1.165) is 23.7 Å². The first kappa shape index (κ1) is 11.9. The molecule has 0 fully saturated rings. The summed E-state index contributed by atoms with van der Waals surface area (Å²) in [5.41, 5.74) is 2.40. The van der Waals surface area contributed by atoms with Crippen molar-refractivity contribution in [3.8, 4) is 10.7 Å². The summed E-state index contributed by atoms with van der Waals surface area (Å²) in [6.07, 6.45) is 7.31. The van der Waals surface area contributed by atoms with Gasteiger partial charge in [0, 0.05) is 18.0 Å². The number of fused-ring (bicyclic) bond motifs is 1. The zero-order chi connectivity index (χ0) is 12.5. The molecular weight excluding hydrogens is 244 g/mol. The minimum absolute atomic E-state index is 0.498. The number of nitrogens with zero attached hydrogens (tertiary/aromatic N) is 3. The molecule has 5 heteroatoms. The standard InChI is InChI=1S/C13H18N4S/c1-3-15-9-5-4-6-10-12(9)18-13(16-10)11-7-14-8-17(11)2/h7-9,15H,3-6H2,1-2H3. The summed E-state index contributed by atoms with van der Waals surface area (Å²) >= 11 is 1.82. The highest BCUT2D eigenvalue weighted by Crippen LogP contribution is 2.37. The van der Waals surface area contributed by atoms with Crippen molar-refractivity contribution >= 4 is 11.3 Å². The Hall–Kier alpha value is -1.20. The Morgan fingerprint density at radius 3 is 3.17 bits per heavy atom. The number of thiazole rings is 1. The van der Waals surface area contributed by atoms with E-state index in [1.54, 1.807) is 0 Å². The van der Waals surface area contributed by atoms with Crippen molar-refractivity contribution in [2.45, 2.75) is 32.2 Å². The monoisotopic (exact) mass is 262 g/mol. The summed E-state index contributed by atoms with van der Waals surface area (Å²) in [6.45, 7) is 3.18. The van der Waals surface area contributed by atoms with E-state index in [-0.39, 0.29) is 0 Å². The summed E-state index contributed by atoms with van der Waals surface area (Å²) in [5.74, 6) is 0. The number of rotatable bonds is 3. The van der Waals surface area contributed by atoms with Gasteiger partial charge in [0.2, 0.25) is 0 Å². The highest BCUT2D eigenvalue weighted by Gasteiger charge is 2.24. The number of aromatic nitrogens is 3. The van der Waals surface area contributed by atoms with Gasteiger partial charge in [0.05, 0.1) is 23.9 Å². The Balaban J connectivity index is 1.98. The zero-order valence-electron chi connectivity index (χ0n) is 10.8. The highest BCUT2D eigenvalue weighted by atomic mass is 32.1. The fraction of sp³-hybridized carbons (Fsp3) is 0.538. The molecule has 1 aliphatic carbocycles. The van der Waals surface area contributed by atoms with E-state index < -0.39 is 0 Å². The molecule has 0 saturated carbocycles. The largest absolute Gasteiger partial charge is 0.332 e. The minimum atomic E-state index is 0.498. The van der Waals surface area contributed by atoms with Crippen LogP contribution < -0.4 is 5.32 Å². The van der Waals surface area contributed by atoms with Crippen LogP contribution in [0.4, 0.5) is 0 Å². The van der Waals surface area contributed by atoms with Crippen molar-refractivity contribution in [2.75, 3.05) is 6.54 Å². The average molecular weight is 262 g/mol.